The van der Waals surface area contributed by atoms with Crippen LogP contribution in [0.3, 0.4) is 0 Å². The first-order valence-corrected chi connectivity index (χ1v) is 7.49. The normalized spacial score (nSPS) is 16.3. The second-order valence-electron chi connectivity index (χ2n) is 5.55. The second kappa shape index (κ2) is 6.52. The highest BCUT2D eigenvalue weighted by Crippen LogP contribution is 2.23. The molecule has 1 heterocycles. The number of hydrogen-bond acceptors (Lipinski definition) is 3. The van der Waals surface area contributed by atoms with Crippen LogP contribution in [0.1, 0.15) is 11.1 Å². The first-order chi connectivity index (χ1) is 10.7. The molecule has 3 rings (SSSR count). The minimum atomic E-state index is -0.282. The lowest BCUT2D eigenvalue weighted by atomic mass is 9.99. The third kappa shape index (κ3) is 3.22. The molecule has 114 valence electrons. The van der Waals surface area contributed by atoms with Gasteiger partial charge in [0.05, 0.1) is 6.04 Å². The molecule has 1 atom stereocenters. The van der Waals surface area contributed by atoms with Gasteiger partial charge in [-0.1, -0.05) is 48.5 Å². The standard InChI is InChI=1S/C18H20N2O2/c1-20(18(21)22-13-14-7-3-2-4-8-14)16-11-15-9-5-6-10-17(15)19-12-16/h2-10,16,19H,11-13H2,1H3. The number of benzene rings is 2. The molecule has 1 amide bonds. The van der Waals surface area contributed by atoms with Crippen LogP contribution in [-0.4, -0.2) is 30.6 Å². The fourth-order valence-electron chi connectivity index (χ4n) is 2.67. The van der Waals surface area contributed by atoms with E-state index in [1.54, 1.807) is 11.9 Å². The number of ether oxygens (including phenoxy) is 1. The number of carbonyl (C=O) groups is 1. The minimum absolute atomic E-state index is 0.109. The fraction of sp³-hybridized carbons (Fsp3) is 0.278. The van der Waals surface area contributed by atoms with E-state index in [2.05, 4.69) is 17.4 Å². The highest BCUT2D eigenvalue weighted by molar-refractivity contribution is 5.68. The van der Waals surface area contributed by atoms with E-state index in [1.165, 1.54) is 5.56 Å². The molecule has 1 aliphatic rings. The van der Waals surface area contributed by atoms with Crippen molar-refractivity contribution in [2.75, 3.05) is 18.9 Å². The van der Waals surface area contributed by atoms with Gasteiger partial charge in [-0.05, 0) is 23.6 Å². The summed E-state index contributed by atoms with van der Waals surface area (Å²) >= 11 is 0. The summed E-state index contributed by atoms with van der Waals surface area (Å²) in [5.74, 6) is 0. The van der Waals surface area contributed by atoms with E-state index >= 15 is 0 Å². The molecule has 0 radical (unpaired) electrons. The van der Waals surface area contributed by atoms with Crippen LogP contribution >= 0.6 is 0 Å². The van der Waals surface area contributed by atoms with Crippen LogP contribution in [0.2, 0.25) is 0 Å². The number of nitrogens with zero attached hydrogens (tertiary/aromatic N) is 1. The summed E-state index contributed by atoms with van der Waals surface area (Å²) in [6.45, 7) is 1.05. The molecule has 0 saturated heterocycles. The summed E-state index contributed by atoms with van der Waals surface area (Å²) in [5.41, 5.74) is 3.39. The van der Waals surface area contributed by atoms with E-state index in [1.807, 2.05) is 42.5 Å². The summed E-state index contributed by atoms with van der Waals surface area (Å²) in [6.07, 6.45) is 0.565. The average Bonchev–Trinajstić information content (AvgIpc) is 2.59. The van der Waals surface area contributed by atoms with E-state index in [0.29, 0.717) is 6.61 Å². The lowest BCUT2D eigenvalue weighted by Gasteiger charge is -2.32. The van der Waals surface area contributed by atoms with E-state index in [4.69, 9.17) is 4.74 Å². The Balaban J connectivity index is 1.57. The smallest absolute Gasteiger partial charge is 0.410 e. The number of rotatable bonds is 3. The summed E-state index contributed by atoms with van der Waals surface area (Å²) in [6, 6.07) is 18.0. The maximum absolute atomic E-state index is 12.2. The van der Waals surface area contributed by atoms with E-state index in [9.17, 15) is 4.79 Å². The van der Waals surface area contributed by atoms with Crippen LogP contribution in [0.4, 0.5) is 10.5 Å². The topological polar surface area (TPSA) is 41.6 Å². The number of hydrogen-bond donors (Lipinski definition) is 1. The second-order valence-corrected chi connectivity index (χ2v) is 5.55. The number of fused-ring (bicyclic) bond motifs is 1. The van der Waals surface area contributed by atoms with Crippen LogP contribution < -0.4 is 5.32 Å². The molecule has 4 heteroatoms. The van der Waals surface area contributed by atoms with Gasteiger partial charge in [-0.25, -0.2) is 4.79 Å². The molecule has 0 fully saturated rings. The molecular weight excluding hydrogens is 276 g/mol. The zero-order valence-electron chi connectivity index (χ0n) is 12.7. The van der Waals surface area contributed by atoms with Crippen molar-refractivity contribution in [1.82, 2.24) is 4.90 Å². The highest BCUT2D eigenvalue weighted by atomic mass is 16.6. The van der Waals surface area contributed by atoms with Crippen molar-refractivity contribution in [3.63, 3.8) is 0 Å². The predicted molar refractivity (Wildman–Crippen MR) is 86.8 cm³/mol. The minimum Gasteiger partial charge on any atom is -0.445 e. The van der Waals surface area contributed by atoms with Crippen molar-refractivity contribution >= 4 is 11.8 Å². The molecule has 4 nitrogen and oxygen atoms in total. The van der Waals surface area contributed by atoms with Gasteiger partial charge >= 0.3 is 6.09 Å². The molecule has 1 unspecified atom stereocenters. The molecular formula is C18H20N2O2. The van der Waals surface area contributed by atoms with Gasteiger partial charge in [-0.15, -0.1) is 0 Å². The van der Waals surface area contributed by atoms with E-state index in [0.717, 1.165) is 24.2 Å². The molecule has 0 spiro atoms. The van der Waals surface area contributed by atoms with Crippen LogP contribution in [-0.2, 0) is 17.8 Å². The Morgan fingerprint density at radius 2 is 1.91 bits per heavy atom. The number of carbonyl (C=O) groups excluding carboxylic acids is 1. The predicted octanol–water partition coefficient (Wildman–Crippen LogP) is 3.29. The largest absolute Gasteiger partial charge is 0.445 e. The average molecular weight is 296 g/mol. The van der Waals surface area contributed by atoms with Crippen molar-refractivity contribution in [3.05, 3.63) is 65.7 Å². The van der Waals surface area contributed by atoms with Crippen molar-refractivity contribution in [2.45, 2.75) is 19.1 Å². The van der Waals surface area contributed by atoms with Crippen LogP contribution in [0.25, 0.3) is 0 Å². The number of likely N-dealkylation sites (N-methyl/N-ethyl adjacent to an activating group) is 1. The van der Waals surface area contributed by atoms with Gasteiger partial charge in [0.25, 0.3) is 0 Å². The number of nitrogens with one attached hydrogen (secondary N) is 1. The third-order valence-electron chi connectivity index (χ3n) is 4.04. The summed E-state index contributed by atoms with van der Waals surface area (Å²) < 4.78 is 5.39. The third-order valence-corrected chi connectivity index (χ3v) is 4.04. The quantitative estimate of drug-likeness (QED) is 0.945. The molecule has 0 aliphatic carbocycles. The first-order valence-electron chi connectivity index (χ1n) is 7.49. The molecule has 1 N–H and O–H groups in total. The Kier molecular flexibility index (Phi) is 4.28. The van der Waals surface area contributed by atoms with Gasteiger partial charge in [-0.2, -0.15) is 0 Å². The first kappa shape index (κ1) is 14.4. The molecule has 1 aliphatic heterocycles. The Bertz CT molecular complexity index is 643. The molecule has 0 bridgehead atoms. The monoisotopic (exact) mass is 296 g/mol. The van der Waals surface area contributed by atoms with Crippen LogP contribution in [0.15, 0.2) is 54.6 Å². The summed E-state index contributed by atoms with van der Waals surface area (Å²) in [4.78, 5) is 13.9. The zero-order valence-corrected chi connectivity index (χ0v) is 12.7. The lowest BCUT2D eigenvalue weighted by Crippen LogP contribution is -2.45. The van der Waals surface area contributed by atoms with E-state index in [-0.39, 0.29) is 12.1 Å². The van der Waals surface area contributed by atoms with Crippen LogP contribution in [0, 0.1) is 0 Å². The van der Waals surface area contributed by atoms with Gasteiger partial charge < -0.3 is 15.0 Å². The molecule has 0 saturated carbocycles. The molecule has 2 aromatic rings. The Morgan fingerprint density at radius 1 is 1.18 bits per heavy atom. The maximum Gasteiger partial charge on any atom is 0.410 e. The Labute approximate surface area is 130 Å². The Morgan fingerprint density at radius 3 is 2.73 bits per heavy atom. The number of amides is 1. The summed E-state index contributed by atoms with van der Waals surface area (Å²) in [7, 11) is 1.80. The highest BCUT2D eigenvalue weighted by Gasteiger charge is 2.25. The van der Waals surface area contributed by atoms with Gasteiger partial charge in [0, 0.05) is 19.3 Å². The van der Waals surface area contributed by atoms with Gasteiger partial charge in [0.1, 0.15) is 6.61 Å². The number of anilines is 1. The maximum atomic E-state index is 12.2. The van der Waals surface area contributed by atoms with Crippen LogP contribution in [0.5, 0.6) is 0 Å². The molecule has 22 heavy (non-hydrogen) atoms. The number of para-hydroxylation sites is 1. The van der Waals surface area contributed by atoms with Crippen molar-refractivity contribution in [3.8, 4) is 0 Å². The van der Waals surface area contributed by atoms with Gasteiger partial charge in [0.2, 0.25) is 0 Å². The van der Waals surface area contributed by atoms with Gasteiger partial charge in [0.15, 0.2) is 0 Å². The lowest BCUT2D eigenvalue weighted by molar-refractivity contribution is 0.0921. The zero-order chi connectivity index (χ0) is 15.4. The van der Waals surface area contributed by atoms with Crippen molar-refractivity contribution in [2.24, 2.45) is 0 Å². The molecule has 0 aromatic heterocycles. The fourth-order valence-corrected chi connectivity index (χ4v) is 2.67. The van der Waals surface area contributed by atoms with Gasteiger partial charge in [-0.3, -0.25) is 0 Å². The van der Waals surface area contributed by atoms with Crippen molar-refractivity contribution < 1.29 is 9.53 Å². The van der Waals surface area contributed by atoms with E-state index < -0.39 is 0 Å². The Hall–Kier alpha value is -2.49. The molecule has 2 aromatic carbocycles. The summed E-state index contributed by atoms with van der Waals surface area (Å²) in [5, 5.41) is 3.37. The SMILES string of the molecule is CN(C(=O)OCc1ccccc1)C1CNc2ccccc2C1. The van der Waals surface area contributed by atoms with Crippen molar-refractivity contribution in [1.29, 1.82) is 0 Å².